The molecular formula is C18H14N4OS. The van der Waals surface area contributed by atoms with Crippen molar-refractivity contribution in [2.24, 2.45) is 0 Å². The Morgan fingerprint density at radius 2 is 1.62 bits per heavy atom. The fourth-order valence-electron chi connectivity index (χ4n) is 2.75. The predicted octanol–water partition coefficient (Wildman–Crippen LogP) is 3.11. The Bertz CT molecular complexity index is 1110. The molecule has 118 valence electrons. The molecule has 0 radical (unpaired) electrons. The van der Waals surface area contributed by atoms with Gasteiger partial charge in [0.2, 0.25) is 5.95 Å². The summed E-state index contributed by atoms with van der Waals surface area (Å²) >= 11 is 0. The number of rotatable bonds is 2. The molecule has 4 rings (SSSR count). The van der Waals surface area contributed by atoms with Gasteiger partial charge in [-0.3, -0.25) is 0 Å². The van der Waals surface area contributed by atoms with E-state index < -0.39 is 10.8 Å². The molecule has 0 spiro atoms. The van der Waals surface area contributed by atoms with E-state index in [0.29, 0.717) is 15.8 Å². The van der Waals surface area contributed by atoms with Gasteiger partial charge in [0.1, 0.15) is 5.82 Å². The zero-order valence-corrected chi connectivity index (χ0v) is 13.5. The number of fused-ring (bicyclic) bond motifs is 2. The van der Waals surface area contributed by atoms with E-state index in [1.54, 1.807) is 18.2 Å². The molecule has 0 aliphatic carbocycles. The highest BCUT2D eigenvalue weighted by molar-refractivity contribution is 7.85. The molecule has 3 aromatic carbocycles. The molecule has 0 unspecified atom stereocenters. The normalized spacial score (nSPS) is 12.5. The first kappa shape index (κ1) is 14.6. The second kappa shape index (κ2) is 5.58. The Kier molecular flexibility index (Phi) is 3.39. The highest BCUT2D eigenvalue weighted by Crippen LogP contribution is 2.28. The SMILES string of the molecule is Nc1nc(N)c2cc([S@](=O)c3cccc4ccccc34)ccc2n1. The molecule has 1 heterocycles. The molecule has 24 heavy (non-hydrogen) atoms. The summed E-state index contributed by atoms with van der Waals surface area (Å²) in [5.41, 5.74) is 12.2. The molecule has 0 saturated heterocycles. The average molecular weight is 334 g/mol. The number of nitrogen functional groups attached to an aromatic ring is 2. The van der Waals surface area contributed by atoms with Crippen LogP contribution >= 0.6 is 0 Å². The quantitative estimate of drug-likeness (QED) is 0.587. The second-order valence-corrected chi connectivity index (χ2v) is 6.84. The van der Waals surface area contributed by atoms with Crippen LogP contribution in [0.3, 0.4) is 0 Å². The van der Waals surface area contributed by atoms with Crippen molar-refractivity contribution in [3.63, 3.8) is 0 Å². The van der Waals surface area contributed by atoms with Gasteiger partial charge in [-0.25, -0.2) is 9.19 Å². The Balaban J connectivity index is 1.89. The maximum atomic E-state index is 13.1. The Labute approximate surface area is 140 Å². The molecule has 0 aliphatic heterocycles. The summed E-state index contributed by atoms with van der Waals surface area (Å²) < 4.78 is 13.1. The maximum Gasteiger partial charge on any atom is 0.222 e. The number of hydrogen-bond donors (Lipinski definition) is 2. The van der Waals surface area contributed by atoms with Crippen LogP contribution in [-0.2, 0) is 10.8 Å². The summed E-state index contributed by atoms with van der Waals surface area (Å²) in [6.07, 6.45) is 0. The molecule has 0 bridgehead atoms. The lowest BCUT2D eigenvalue weighted by Crippen LogP contribution is -2.01. The van der Waals surface area contributed by atoms with Crippen molar-refractivity contribution in [3.8, 4) is 0 Å². The highest BCUT2D eigenvalue weighted by Gasteiger charge is 2.13. The lowest BCUT2D eigenvalue weighted by Gasteiger charge is -2.08. The van der Waals surface area contributed by atoms with Crippen molar-refractivity contribution in [2.75, 3.05) is 11.5 Å². The van der Waals surface area contributed by atoms with E-state index in [2.05, 4.69) is 9.97 Å². The van der Waals surface area contributed by atoms with Crippen molar-refractivity contribution in [3.05, 3.63) is 60.7 Å². The first-order chi connectivity index (χ1) is 11.6. The minimum Gasteiger partial charge on any atom is -0.383 e. The lowest BCUT2D eigenvalue weighted by atomic mass is 10.1. The molecule has 4 aromatic rings. The van der Waals surface area contributed by atoms with E-state index in [4.69, 9.17) is 11.5 Å². The third-order valence-electron chi connectivity index (χ3n) is 3.88. The van der Waals surface area contributed by atoms with Gasteiger partial charge in [-0.1, -0.05) is 36.4 Å². The van der Waals surface area contributed by atoms with Crippen LogP contribution in [0.4, 0.5) is 11.8 Å². The van der Waals surface area contributed by atoms with E-state index in [0.717, 1.165) is 15.7 Å². The molecule has 0 fully saturated rings. The Morgan fingerprint density at radius 1 is 0.833 bits per heavy atom. The van der Waals surface area contributed by atoms with Gasteiger partial charge in [-0.2, -0.15) is 4.98 Å². The molecule has 6 heteroatoms. The van der Waals surface area contributed by atoms with Gasteiger partial charge in [-0.05, 0) is 35.0 Å². The summed E-state index contributed by atoms with van der Waals surface area (Å²) in [5.74, 6) is 0.414. The second-order valence-electron chi connectivity index (χ2n) is 5.39. The highest BCUT2D eigenvalue weighted by atomic mass is 32.2. The van der Waals surface area contributed by atoms with Gasteiger partial charge in [0.05, 0.1) is 21.2 Å². The van der Waals surface area contributed by atoms with Gasteiger partial charge in [0, 0.05) is 10.3 Å². The Morgan fingerprint density at radius 3 is 2.50 bits per heavy atom. The van der Waals surface area contributed by atoms with Gasteiger partial charge >= 0.3 is 0 Å². The van der Waals surface area contributed by atoms with Crippen LogP contribution in [0.15, 0.2) is 70.5 Å². The zero-order valence-electron chi connectivity index (χ0n) is 12.6. The summed E-state index contributed by atoms with van der Waals surface area (Å²) in [6, 6.07) is 19.0. The van der Waals surface area contributed by atoms with E-state index >= 15 is 0 Å². The van der Waals surface area contributed by atoms with Crippen LogP contribution < -0.4 is 11.5 Å². The van der Waals surface area contributed by atoms with Gasteiger partial charge in [0.15, 0.2) is 0 Å². The number of hydrogen-bond acceptors (Lipinski definition) is 5. The van der Waals surface area contributed by atoms with Crippen molar-refractivity contribution >= 4 is 44.2 Å². The molecule has 1 atom stereocenters. The predicted molar refractivity (Wildman–Crippen MR) is 97.0 cm³/mol. The summed E-state index contributed by atoms with van der Waals surface area (Å²) in [7, 11) is -1.33. The molecule has 4 N–H and O–H groups in total. The molecular weight excluding hydrogens is 320 g/mol. The standard InChI is InChI=1S/C18H14N4OS/c19-17-14-10-12(8-9-15(14)21-18(20)22-17)24(23)16-7-3-5-11-4-1-2-6-13(11)16/h1-10H,(H4,19,20,21,22)/t24-/m0/s1. The smallest absolute Gasteiger partial charge is 0.222 e. The van der Waals surface area contributed by atoms with Crippen molar-refractivity contribution < 1.29 is 4.21 Å². The van der Waals surface area contributed by atoms with E-state index in [9.17, 15) is 4.21 Å². The van der Waals surface area contributed by atoms with Crippen LogP contribution in [0.2, 0.25) is 0 Å². The number of aromatic nitrogens is 2. The van der Waals surface area contributed by atoms with E-state index in [1.807, 2.05) is 42.5 Å². The van der Waals surface area contributed by atoms with Crippen LogP contribution in [0.5, 0.6) is 0 Å². The average Bonchev–Trinajstić information content (AvgIpc) is 2.60. The number of anilines is 2. The van der Waals surface area contributed by atoms with Crippen LogP contribution in [-0.4, -0.2) is 14.2 Å². The largest absolute Gasteiger partial charge is 0.383 e. The van der Waals surface area contributed by atoms with Gasteiger partial charge < -0.3 is 11.5 Å². The van der Waals surface area contributed by atoms with E-state index in [1.165, 1.54) is 0 Å². The van der Waals surface area contributed by atoms with Crippen molar-refractivity contribution in [1.82, 2.24) is 9.97 Å². The molecule has 0 amide bonds. The summed E-state index contributed by atoms with van der Waals surface area (Å²) in [5, 5.41) is 2.68. The third kappa shape index (κ3) is 2.37. The van der Waals surface area contributed by atoms with Gasteiger partial charge in [-0.15, -0.1) is 0 Å². The molecule has 0 saturated carbocycles. The minimum atomic E-state index is -1.33. The van der Waals surface area contributed by atoms with Crippen LogP contribution in [0, 0.1) is 0 Å². The first-order valence-electron chi connectivity index (χ1n) is 7.36. The van der Waals surface area contributed by atoms with Crippen LogP contribution in [0.25, 0.3) is 21.7 Å². The van der Waals surface area contributed by atoms with Crippen LogP contribution in [0.1, 0.15) is 0 Å². The lowest BCUT2D eigenvalue weighted by molar-refractivity contribution is 0.684. The Hall–Kier alpha value is -2.99. The molecule has 5 nitrogen and oxygen atoms in total. The summed E-state index contributed by atoms with van der Waals surface area (Å²) in [4.78, 5) is 9.54. The first-order valence-corrected chi connectivity index (χ1v) is 8.51. The fourth-order valence-corrected chi connectivity index (χ4v) is 4.01. The maximum absolute atomic E-state index is 13.1. The number of nitrogens with zero attached hydrogens (tertiary/aromatic N) is 2. The number of nitrogens with two attached hydrogens (primary N) is 2. The minimum absolute atomic E-state index is 0.128. The monoisotopic (exact) mass is 334 g/mol. The third-order valence-corrected chi connectivity index (χ3v) is 5.31. The van der Waals surface area contributed by atoms with Crippen molar-refractivity contribution in [2.45, 2.75) is 9.79 Å². The van der Waals surface area contributed by atoms with E-state index in [-0.39, 0.29) is 11.8 Å². The van der Waals surface area contributed by atoms with Crippen molar-refractivity contribution in [1.29, 1.82) is 0 Å². The molecule has 1 aromatic heterocycles. The summed E-state index contributed by atoms with van der Waals surface area (Å²) in [6.45, 7) is 0. The molecule has 0 aliphatic rings. The fraction of sp³-hybridized carbons (Fsp3) is 0. The number of benzene rings is 3. The topological polar surface area (TPSA) is 94.9 Å². The zero-order chi connectivity index (χ0) is 16.7. The van der Waals surface area contributed by atoms with Gasteiger partial charge in [0.25, 0.3) is 0 Å².